The number of piperazine rings is 1. The van der Waals surface area contributed by atoms with Crippen LogP contribution in [0.2, 0.25) is 0 Å². The van der Waals surface area contributed by atoms with Crippen molar-refractivity contribution in [1.82, 2.24) is 20.7 Å². The number of carbonyl (C=O) groups excluding carboxylic acids is 2. The molecule has 3 N–H and O–H groups in total. The molecule has 0 aromatic heterocycles. The third kappa shape index (κ3) is 8.01. The van der Waals surface area contributed by atoms with Crippen LogP contribution in [0.5, 0.6) is 0 Å². The van der Waals surface area contributed by atoms with Gasteiger partial charge in [-0.05, 0) is 48.0 Å². The lowest BCUT2D eigenvalue weighted by Crippen LogP contribution is -2.62. The summed E-state index contributed by atoms with van der Waals surface area (Å²) in [5.74, 6) is -1.62. The van der Waals surface area contributed by atoms with Gasteiger partial charge >= 0.3 is 5.97 Å². The minimum Gasteiger partial charge on any atom is -0.481 e. The monoisotopic (exact) mass is 456 g/mol. The van der Waals surface area contributed by atoms with Crippen molar-refractivity contribution in [3.8, 4) is 0 Å². The topological polar surface area (TPSA) is 111 Å². The van der Waals surface area contributed by atoms with Crippen LogP contribution in [0.25, 0.3) is 0 Å². The molecule has 0 bridgehead atoms. The minimum atomic E-state index is -0.888. The Labute approximate surface area is 193 Å². The number of amides is 2. The maximum absolute atomic E-state index is 12.9. The molecule has 0 aromatic rings. The van der Waals surface area contributed by atoms with E-state index in [1.165, 1.54) is 0 Å². The highest BCUT2D eigenvalue weighted by atomic mass is 16.5. The molecule has 0 spiro atoms. The molecule has 0 radical (unpaired) electrons. The van der Waals surface area contributed by atoms with E-state index in [4.69, 9.17) is 9.84 Å². The van der Waals surface area contributed by atoms with Gasteiger partial charge in [-0.1, -0.05) is 20.8 Å². The van der Waals surface area contributed by atoms with Crippen LogP contribution in [0.15, 0.2) is 0 Å². The number of ether oxygens (including phenoxy) is 1. The van der Waals surface area contributed by atoms with Crippen molar-refractivity contribution in [2.45, 2.75) is 86.0 Å². The summed E-state index contributed by atoms with van der Waals surface area (Å²) in [5.41, 5.74) is 1.32. The highest BCUT2D eigenvalue weighted by molar-refractivity contribution is 5.83. The van der Waals surface area contributed by atoms with Gasteiger partial charge in [0.2, 0.25) is 11.8 Å². The second-order valence-corrected chi connectivity index (χ2v) is 10.8. The van der Waals surface area contributed by atoms with Crippen molar-refractivity contribution >= 4 is 17.8 Å². The van der Waals surface area contributed by atoms with Gasteiger partial charge in [-0.25, -0.2) is 10.4 Å². The Morgan fingerprint density at radius 3 is 1.97 bits per heavy atom. The molecule has 0 aromatic carbocycles. The van der Waals surface area contributed by atoms with Crippen molar-refractivity contribution in [2.24, 2.45) is 11.3 Å². The summed E-state index contributed by atoms with van der Waals surface area (Å²) < 4.78 is 5.98. The lowest BCUT2D eigenvalue weighted by atomic mass is 9.82. The van der Waals surface area contributed by atoms with Gasteiger partial charge < -0.3 is 20.1 Å². The van der Waals surface area contributed by atoms with Crippen LogP contribution in [-0.4, -0.2) is 82.8 Å². The van der Waals surface area contributed by atoms with E-state index in [-0.39, 0.29) is 24.5 Å². The smallest absolute Gasteiger partial charge is 0.306 e. The van der Waals surface area contributed by atoms with Crippen molar-refractivity contribution in [3.05, 3.63) is 0 Å². The lowest BCUT2D eigenvalue weighted by molar-refractivity contribution is -0.147. The van der Waals surface area contributed by atoms with E-state index in [0.717, 1.165) is 0 Å². The Morgan fingerprint density at radius 2 is 1.50 bits per heavy atom. The maximum atomic E-state index is 12.9. The number of nitrogens with one attached hydrogen (secondary N) is 2. The van der Waals surface area contributed by atoms with Gasteiger partial charge in [0.25, 0.3) is 0 Å². The Morgan fingerprint density at radius 1 is 0.969 bits per heavy atom. The van der Waals surface area contributed by atoms with Crippen molar-refractivity contribution in [1.29, 1.82) is 0 Å². The fraction of sp³-hybridized carbons (Fsp3) is 0.870. The van der Waals surface area contributed by atoms with Gasteiger partial charge in [-0.3, -0.25) is 14.4 Å². The van der Waals surface area contributed by atoms with E-state index in [1.54, 1.807) is 25.7 Å². The van der Waals surface area contributed by atoms with Crippen LogP contribution in [0.1, 0.15) is 68.7 Å². The Kier molecular flexibility index (Phi) is 9.68. The van der Waals surface area contributed by atoms with Gasteiger partial charge in [0, 0.05) is 31.6 Å². The van der Waals surface area contributed by atoms with E-state index in [2.05, 4.69) is 10.7 Å². The summed E-state index contributed by atoms with van der Waals surface area (Å²) in [6.45, 7) is 19.4. The molecule has 186 valence electrons. The molecule has 1 atom stereocenters. The first kappa shape index (κ1) is 28.3. The summed E-state index contributed by atoms with van der Waals surface area (Å²) in [7, 11) is 0. The quantitative estimate of drug-likeness (QED) is 0.435. The van der Waals surface area contributed by atoms with E-state index in [0.29, 0.717) is 32.6 Å². The predicted octanol–water partition coefficient (Wildman–Crippen LogP) is 1.87. The second kappa shape index (κ2) is 10.9. The van der Waals surface area contributed by atoms with Crippen LogP contribution in [0.3, 0.4) is 0 Å². The maximum Gasteiger partial charge on any atom is 0.306 e. The Balaban J connectivity index is 2.51. The number of carboxylic acids is 1. The fourth-order valence-electron chi connectivity index (χ4n) is 3.90. The number of carboxylic acid groups (broad SMARTS) is 1. The van der Waals surface area contributed by atoms with Crippen molar-refractivity contribution in [3.63, 3.8) is 0 Å². The summed E-state index contributed by atoms with van der Waals surface area (Å²) in [6.07, 6.45) is 0.350. The molecule has 1 aliphatic rings. The molecule has 1 saturated heterocycles. The van der Waals surface area contributed by atoms with Gasteiger partial charge in [0.05, 0.1) is 29.7 Å². The molecule has 1 unspecified atom stereocenters. The molecule has 9 nitrogen and oxygen atoms in total. The van der Waals surface area contributed by atoms with Gasteiger partial charge in [0.1, 0.15) is 0 Å². The fourth-order valence-corrected chi connectivity index (χ4v) is 3.90. The zero-order chi connectivity index (χ0) is 24.9. The average molecular weight is 457 g/mol. The largest absolute Gasteiger partial charge is 0.481 e. The molecular weight excluding hydrogens is 412 g/mol. The predicted molar refractivity (Wildman–Crippen MR) is 124 cm³/mol. The van der Waals surface area contributed by atoms with Gasteiger partial charge in [-0.2, -0.15) is 0 Å². The Hall–Kier alpha value is -1.71. The Bertz CT molecular complexity index is 667. The zero-order valence-electron chi connectivity index (χ0n) is 21.4. The third-order valence-electron chi connectivity index (χ3n) is 6.33. The molecule has 9 heteroatoms. The van der Waals surface area contributed by atoms with Gasteiger partial charge in [0.15, 0.2) is 0 Å². The van der Waals surface area contributed by atoms with E-state index < -0.39 is 28.4 Å². The molecule has 0 aliphatic carbocycles. The third-order valence-corrected chi connectivity index (χ3v) is 6.33. The molecule has 2 amide bonds. The second-order valence-electron chi connectivity index (χ2n) is 10.8. The standard InChI is InChI=1S/C23H44N4O5/c1-16(2)32-23(8,9)22(6,7)25-18(28)15-24-27-12-10-26(11-13-27)20(31)21(4,5)14-17(3)19(29)30/h16-17,24H,10-15H2,1-9H3,(H,25,28)(H,29,30). The highest BCUT2D eigenvalue weighted by Crippen LogP contribution is 2.29. The van der Waals surface area contributed by atoms with E-state index in [9.17, 15) is 14.4 Å². The number of hydrogen-bond acceptors (Lipinski definition) is 6. The molecule has 0 saturated carbocycles. The van der Waals surface area contributed by atoms with Crippen LogP contribution >= 0.6 is 0 Å². The molecular formula is C23H44N4O5. The zero-order valence-corrected chi connectivity index (χ0v) is 21.4. The number of nitrogens with zero attached hydrogens (tertiary/aromatic N) is 2. The van der Waals surface area contributed by atoms with Crippen LogP contribution in [0, 0.1) is 11.3 Å². The molecule has 1 rings (SSSR count). The average Bonchev–Trinajstić information content (AvgIpc) is 2.64. The van der Waals surface area contributed by atoms with Crippen LogP contribution < -0.4 is 10.7 Å². The molecule has 32 heavy (non-hydrogen) atoms. The van der Waals surface area contributed by atoms with Gasteiger partial charge in [-0.15, -0.1) is 0 Å². The number of rotatable bonds is 11. The summed E-state index contributed by atoms with van der Waals surface area (Å²) in [6, 6.07) is 0. The lowest BCUT2D eigenvalue weighted by Gasteiger charge is -2.43. The SMILES string of the molecule is CC(C)OC(C)(C)C(C)(C)NC(=O)CNN1CCN(C(=O)C(C)(C)CC(C)C(=O)O)CC1. The first-order valence-electron chi connectivity index (χ1n) is 11.5. The van der Waals surface area contributed by atoms with Crippen molar-refractivity contribution in [2.75, 3.05) is 32.7 Å². The number of aliphatic carboxylic acids is 1. The summed E-state index contributed by atoms with van der Waals surface area (Å²) >= 11 is 0. The first-order valence-corrected chi connectivity index (χ1v) is 11.5. The summed E-state index contributed by atoms with van der Waals surface area (Å²) in [4.78, 5) is 38.4. The highest BCUT2D eigenvalue weighted by Gasteiger charge is 2.40. The van der Waals surface area contributed by atoms with E-state index in [1.807, 2.05) is 46.6 Å². The van der Waals surface area contributed by atoms with Crippen LogP contribution in [0.4, 0.5) is 0 Å². The normalized spacial score (nSPS) is 17.4. The number of hydrogen-bond donors (Lipinski definition) is 3. The molecule has 1 aliphatic heterocycles. The molecule has 1 heterocycles. The first-order chi connectivity index (χ1) is 14.5. The van der Waals surface area contributed by atoms with Crippen molar-refractivity contribution < 1.29 is 24.2 Å². The molecule has 1 fully saturated rings. The minimum absolute atomic E-state index is 0.0304. The number of carbonyl (C=O) groups is 3. The van der Waals surface area contributed by atoms with Crippen LogP contribution in [-0.2, 0) is 19.1 Å². The van der Waals surface area contributed by atoms with E-state index >= 15 is 0 Å². The summed E-state index contributed by atoms with van der Waals surface area (Å²) in [5, 5.41) is 14.1. The number of hydrazine groups is 1.